The standard InChI is InChI=1S/C32H52O14/c1-29-7-3-8-30(2,28(42)45-26-24(40)22(38)20(36)16(11-33)43-26)18(29)6-9-31-10-15(4-5-19(29)31)32(13-31,14-35)46-27-25(41)23(39)21(37)17(12-34)44-27/h15-27,33-41H,3-14H2,1-2H3/t15-,16-,17-,18+,19+,20-,21-,22+,23+,24-,25-,26+,27+,29-,30-,31+,32+/m1/s1. The third-order valence-corrected chi connectivity index (χ3v) is 13.3. The molecule has 4 saturated carbocycles. The number of carbonyl (C=O) groups excluding carboxylic acids is 1. The molecule has 2 heterocycles. The van der Waals surface area contributed by atoms with Crippen molar-refractivity contribution in [3.8, 4) is 0 Å². The predicted molar refractivity (Wildman–Crippen MR) is 155 cm³/mol. The van der Waals surface area contributed by atoms with Gasteiger partial charge in [-0.05, 0) is 86.9 Å². The van der Waals surface area contributed by atoms with Gasteiger partial charge in [0.05, 0.1) is 30.8 Å². The summed E-state index contributed by atoms with van der Waals surface area (Å²) in [6, 6.07) is 0. The molecule has 0 amide bonds. The van der Waals surface area contributed by atoms with Crippen LogP contribution in [0.1, 0.15) is 71.6 Å². The number of esters is 1. The second kappa shape index (κ2) is 12.4. The van der Waals surface area contributed by atoms with Gasteiger partial charge in [0, 0.05) is 0 Å². The van der Waals surface area contributed by atoms with Crippen molar-refractivity contribution in [1.82, 2.24) is 0 Å². The summed E-state index contributed by atoms with van der Waals surface area (Å²) in [5, 5.41) is 92.4. The van der Waals surface area contributed by atoms with E-state index in [1.54, 1.807) is 0 Å². The van der Waals surface area contributed by atoms with Crippen molar-refractivity contribution < 1.29 is 69.7 Å². The third-order valence-electron chi connectivity index (χ3n) is 13.3. The predicted octanol–water partition coefficient (Wildman–Crippen LogP) is -1.71. The summed E-state index contributed by atoms with van der Waals surface area (Å²) in [6.45, 7) is 2.59. The number of hydrogen-bond donors (Lipinski definition) is 9. The van der Waals surface area contributed by atoms with Gasteiger partial charge in [0.2, 0.25) is 6.29 Å². The van der Waals surface area contributed by atoms with Crippen LogP contribution < -0.4 is 0 Å². The molecule has 264 valence electrons. The fourth-order valence-electron chi connectivity index (χ4n) is 11.0. The molecule has 0 aromatic carbocycles. The van der Waals surface area contributed by atoms with Crippen molar-refractivity contribution in [3.05, 3.63) is 0 Å². The highest BCUT2D eigenvalue weighted by atomic mass is 16.7. The second-order valence-corrected chi connectivity index (χ2v) is 15.6. The number of fused-ring (bicyclic) bond motifs is 3. The molecule has 0 aromatic rings. The van der Waals surface area contributed by atoms with E-state index < -0.39 is 91.6 Å². The molecular weight excluding hydrogens is 608 g/mol. The lowest BCUT2D eigenvalue weighted by atomic mass is 9.41. The van der Waals surface area contributed by atoms with Crippen LogP contribution in [0.5, 0.6) is 0 Å². The Labute approximate surface area is 268 Å². The molecule has 0 aromatic heterocycles. The molecule has 2 saturated heterocycles. The van der Waals surface area contributed by atoms with Crippen LogP contribution in [0.15, 0.2) is 0 Å². The molecule has 0 radical (unpaired) electrons. The zero-order chi connectivity index (χ0) is 33.4. The Hall–Kier alpha value is -1.01. The van der Waals surface area contributed by atoms with Crippen LogP contribution in [0.2, 0.25) is 0 Å². The highest BCUT2D eigenvalue weighted by Crippen LogP contribution is 2.73. The number of carbonyl (C=O) groups is 1. The molecule has 46 heavy (non-hydrogen) atoms. The first-order valence-electron chi connectivity index (χ1n) is 16.8. The molecule has 4 aliphatic carbocycles. The van der Waals surface area contributed by atoms with Crippen LogP contribution in [-0.2, 0) is 23.7 Å². The van der Waals surface area contributed by atoms with Gasteiger partial charge in [-0.25, -0.2) is 0 Å². The number of aliphatic hydroxyl groups is 9. The van der Waals surface area contributed by atoms with Crippen LogP contribution in [-0.4, -0.2) is 139 Å². The number of ether oxygens (including phenoxy) is 4. The number of hydrogen-bond acceptors (Lipinski definition) is 14. The maximum absolute atomic E-state index is 14.0. The van der Waals surface area contributed by atoms with E-state index in [1.807, 2.05) is 6.92 Å². The maximum Gasteiger partial charge on any atom is 0.314 e. The topological polar surface area (TPSA) is 236 Å². The van der Waals surface area contributed by atoms with Gasteiger partial charge in [-0.15, -0.1) is 0 Å². The fourth-order valence-corrected chi connectivity index (χ4v) is 11.0. The van der Waals surface area contributed by atoms with Crippen molar-refractivity contribution in [2.75, 3.05) is 19.8 Å². The smallest absolute Gasteiger partial charge is 0.314 e. The first-order chi connectivity index (χ1) is 21.7. The minimum atomic E-state index is -1.68. The Morgan fingerprint density at radius 1 is 0.739 bits per heavy atom. The Balaban J connectivity index is 1.22. The van der Waals surface area contributed by atoms with Crippen molar-refractivity contribution in [2.45, 2.75) is 139 Å². The summed E-state index contributed by atoms with van der Waals surface area (Å²) < 4.78 is 23.3. The molecule has 6 rings (SSSR count). The van der Waals surface area contributed by atoms with Crippen LogP contribution in [0.25, 0.3) is 0 Å². The van der Waals surface area contributed by atoms with E-state index in [2.05, 4.69) is 6.92 Å². The Bertz CT molecular complexity index is 1120. The van der Waals surface area contributed by atoms with Gasteiger partial charge < -0.3 is 64.9 Å². The molecule has 2 bridgehead atoms. The highest BCUT2D eigenvalue weighted by molar-refractivity contribution is 5.77. The van der Waals surface area contributed by atoms with Gasteiger partial charge in [-0.3, -0.25) is 4.79 Å². The molecule has 14 heteroatoms. The molecular formula is C32H52O14. The van der Waals surface area contributed by atoms with E-state index in [1.165, 1.54) is 0 Å². The van der Waals surface area contributed by atoms with Gasteiger partial charge in [0.25, 0.3) is 0 Å². The molecule has 1 spiro atoms. The van der Waals surface area contributed by atoms with E-state index in [0.717, 1.165) is 38.5 Å². The van der Waals surface area contributed by atoms with Gasteiger partial charge >= 0.3 is 5.97 Å². The van der Waals surface area contributed by atoms with Crippen LogP contribution in [0, 0.1) is 34.0 Å². The van der Waals surface area contributed by atoms with Crippen LogP contribution in [0.3, 0.4) is 0 Å². The molecule has 6 aliphatic rings. The third kappa shape index (κ3) is 5.18. The molecule has 14 nitrogen and oxygen atoms in total. The van der Waals surface area contributed by atoms with Crippen molar-refractivity contribution in [3.63, 3.8) is 0 Å². The lowest BCUT2D eigenvalue weighted by molar-refractivity contribution is -0.335. The summed E-state index contributed by atoms with van der Waals surface area (Å²) >= 11 is 0. The van der Waals surface area contributed by atoms with Crippen molar-refractivity contribution in [2.24, 2.45) is 34.0 Å². The summed E-state index contributed by atoms with van der Waals surface area (Å²) in [6.07, 6.45) is -8.26. The molecule has 2 aliphatic heterocycles. The van der Waals surface area contributed by atoms with E-state index in [4.69, 9.17) is 18.9 Å². The molecule has 9 N–H and O–H groups in total. The quantitative estimate of drug-likeness (QED) is 0.138. The first kappa shape index (κ1) is 34.8. The van der Waals surface area contributed by atoms with Gasteiger partial charge in [0.1, 0.15) is 48.8 Å². The second-order valence-electron chi connectivity index (χ2n) is 15.6. The van der Waals surface area contributed by atoms with Crippen LogP contribution in [0.4, 0.5) is 0 Å². The zero-order valence-corrected chi connectivity index (χ0v) is 26.6. The zero-order valence-electron chi connectivity index (χ0n) is 26.6. The minimum absolute atomic E-state index is 0.0487. The monoisotopic (exact) mass is 660 g/mol. The largest absolute Gasteiger partial charge is 0.432 e. The Morgan fingerprint density at radius 2 is 1.35 bits per heavy atom. The Morgan fingerprint density at radius 3 is 1.96 bits per heavy atom. The van der Waals surface area contributed by atoms with E-state index in [-0.39, 0.29) is 35.2 Å². The summed E-state index contributed by atoms with van der Waals surface area (Å²) in [7, 11) is 0. The fraction of sp³-hybridized carbons (Fsp3) is 0.969. The van der Waals surface area contributed by atoms with E-state index >= 15 is 0 Å². The summed E-state index contributed by atoms with van der Waals surface area (Å²) in [5.41, 5.74) is -2.49. The number of aliphatic hydroxyl groups excluding tert-OH is 9. The first-order valence-corrected chi connectivity index (χ1v) is 16.8. The minimum Gasteiger partial charge on any atom is -0.432 e. The summed E-state index contributed by atoms with van der Waals surface area (Å²) in [5.74, 6) is -0.498. The van der Waals surface area contributed by atoms with Crippen LogP contribution >= 0.6 is 0 Å². The van der Waals surface area contributed by atoms with Crippen molar-refractivity contribution >= 4 is 5.97 Å². The van der Waals surface area contributed by atoms with E-state index in [9.17, 15) is 50.8 Å². The van der Waals surface area contributed by atoms with Gasteiger partial charge in [0.15, 0.2) is 6.29 Å². The lowest BCUT2D eigenvalue weighted by Crippen LogP contribution is -2.62. The van der Waals surface area contributed by atoms with Gasteiger partial charge in [-0.2, -0.15) is 0 Å². The normalized spacial score (nSPS) is 55.3. The molecule has 0 unspecified atom stereocenters. The SMILES string of the molecule is C[C@@]12CCC[C@@](C)(C(=O)O[C@@H]3O[C@H](CO)[C@@H](O)[C@H](O)[C@H]3O)[C@H]1CC[C@@]13C[C@@H](CC[C@H]12)[C@](CO)(O[C@@H]1O[C@H](CO)[C@@H](O)[C@H](O)[C@H]1O)C3. The average molecular weight is 661 g/mol. The maximum atomic E-state index is 14.0. The molecule has 6 fully saturated rings. The number of rotatable bonds is 7. The molecule has 17 atom stereocenters. The average Bonchev–Trinajstić information content (AvgIpc) is 3.26. The summed E-state index contributed by atoms with van der Waals surface area (Å²) in [4.78, 5) is 14.0. The Kier molecular flexibility index (Phi) is 9.39. The highest BCUT2D eigenvalue weighted by Gasteiger charge is 2.70. The van der Waals surface area contributed by atoms with E-state index in [0.29, 0.717) is 19.3 Å². The van der Waals surface area contributed by atoms with Gasteiger partial charge in [-0.1, -0.05) is 13.3 Å². The van der Waals surface area contributed by atoms with Crippen molar-refractivity contribution in [1.29, 1.82) is 0 Å². The lowest BCUT2D eigenvalue weighted by Gasteiger charge is -2.63.